The minimum atomic E-state index is -0.364. The number of benzene rings is 1. The predicted octanol–water partition coefficient (Wildman–Crippen LogP) is 2.53. The summed E-state index contributed by atoms with van der Waals surface area (Å²) in [5.41, 5.74) is 0.709. The number of fused-ring (bicyclic) bond motifs is 3. The summed E-state index contributed by atoms with van der Waals surface area (Å²) in [5, 5.41) is 0. The first-order valence-corrected chi connectivity index (χ1v) is 7.45. The standard InChI is InChI=1S/C17H14FNO2/c18-9-1-3-10(4-2-9)19-15(20)13-11-5-6-12(14(13)16(19)21)17(11)7-8-17/h1-6,11-14H,7-8H2. The number of amides is 2. The molecule has 21 heavy (non-hydrogen) atoms. The summed E-state index contributed by atoms with van der Waals surface area (Å²) in [6.07, 6.45) is 6.58. The van der Waals surface area contributed by atoms with Crippen LogP contribution in [0.1, 0.15) is 12.8 Å². The quantitative estimate of drug-likeness (QED) is 0.586. The monoisotopic (exact) mass is 283 g/mol. The van der Waals surface area contributed by atoms with Crippen LogP contribution >= 0.6 is 0 Å². The summed E-state index contributed by atoms with van der Waals surface area (Å²) in [7, 11) is 0. The van der Waals surface area contributed by atoms with Crippen LogP contribution in [0.15, 0.2) is 36.4 Å². The Hall–Kier alpha value is -1.97. The van der Waals surface area contributed by atoms with Gasteiger partial charge in [0.25, 0.3) is 0 Å². The molecular formula is C17H14FNO2. The maximum Gasteiger partial charge on any atom is 0.238 e. The lowest BCUT2D eigenvalue weighted by Crippen LogP contribution is -2.34. The molecule has 0 aromatic heterocycles. The lowest BCUT2D eigenvalue weighted by molar-refractivity contribution is -0.123. The second-order valence-corrected chi connectivity index (χ2v) is 6.71. The van der Waals surface area contributed by atoms with Gasteiger partial charge in [0.2, 0.25) is 11.8 Å². The van der Waals surface area contributed by atoms with E-state index in [1.165, 1.54) is 29.2 Å². The van der Waals surface area contributed by atoms with Gasteiger partial charge in [-0.3, -0.25) is 14.5 Å². The largest absolute Gasteiger partial charge is 0.274 e. The summed E-state index contributed by atoms with van der Waals surface area (Å²) in [4.78, 5) is 26.8. The van der Waals surface area contributed by atoms with Gasteiger partial charge in [-0.05, 0) is 54.4 Å². The first-order valence-electron chi connectivity index (χ1n) is 7.45. The fourth-order valence-electron chi connectivity index (χ4n) is 4.92. The first-order chi connectivity index (χ1) is 10.1. The van der Waals surface area contributed by atoms with E-state index in [1.54, 1.807) is 0 Å². The lowest BCUT2D eigenvalue weighted by atomic mass is 9.85. The van der Waals surface area contributed by atoms with E-state index >= 15 is 0 Å². The molecule has 2 saturated carbocycles. The van der Waals surface area contributed by atoms with Gasteiger partial charge in [0.05, 0.1) is 17.5 Å². The number of rotatable bonds is 1. The summed E-state index contributed by atoms with van der Waals surface area (Å²) < 4.78 is 13.0. The molecular weight excluding hydrogens is 269 g/mol. The number of anilines is 1. The van der Waals surface area contributed by atoms with E-state index in [0.717, 1.165) is 12.8 Å². The summed E-state index contributed by atoms with van der Waals surface area (Å²) in [6.45, 7) is 0. The van der Waals surface area contributed by atoms with Crippen molar-refractivity contribution in [1.82, 2.24) is 0 Å². The van der Waals surface area contributed by atoms with Crippen LogP contribution in [0.3, 0.4) is 0 Å². The molecule has 1 heterocycles. The number of allylic oxidation sites excluding steroid dienone is 2. The Morgan fingerprint density at radius 2 is 1.48 bits per heavy atom. The van der Waals surface area contributed by atoms with Crippen molar-refractivity contribution >= 4 is 17.5 Å². The van der Waals surface area contributed by atoms with Crippen LogP contribution in [0.2, 0.25) is 0 Å². The van der Waals surface area contributed by atoms with Crippen molar-refractivity contribution in [3.05, 3.63) is 42.2 Å². The molecule has 4 atom stereocenters. The number of hydrogen-bond acceptors (Lipinski definition) is 2. The van der Waals surface area contributed by atoms with Crippen molar-refractivity contribution in [3.8, 4) is 0 Å². The highest BCUT2D eigenvalue weighted by atomic mass is 19.1. The molecule has 3 aliphatic carbocycles. The topological polar surface area (TPSA) is 37.4 Å². The van der Waals surface area contributed by atoms with Crippen molar-refractivity contribution in [2.24, 2.45) is 29.1 Å². The van der Waals surface area contributed by atoms with Gasteiger partial charge in [0.1, 0.15) is 5.82 Å². The van der Waals surface area contributed by atoms with E-state index in [1.807, 2.05) is 0 Å². The summed E-state index contributed by atoms with van der Waals surface area (Å²) in [6, 6.07) is 5.60. The highest BCUT2D eigenvalue weighted by molar-refractivity contribution is 6.23. The number of halogens is 1. The van der Waals surface area contributed by atoms with E-state index in [-0.39, 0.29) is 46.7 Å². The zero-order valence-corrected chi connectivity index (χ0v) is 11.3. The van der Waals surface area contributed by atoms with Crippen LogP contribution in [0.5, 0.6) is 0 Å². The molecule has 4 aliphatic rings. The summed E-state index contributed by atoms with van der Waals surface area (Å²) in [5.74, 6) is -0.486. The number of hydrogen-bond donors (Lipinski definition) is 0. The van der Waals surface area contributed by atoms with Gasteiger partial charge in [-0.25, -0.2) is 4.39 Å². The Morgan fingerprint density at radius 3 is 1.95 bits per heavy atom. The van der Waals surface area contributed by atoms with Crippen LogP contribution in [0.25, 0.3) is 0 Å². The molecule has 3 fully saturated rings. The molecule has 1 aliphatic heterocycles. The highest BCUT2D eigenvalue weighted by Crippen LogP contribution is 2.73. The molecule has 0 N–H and O–H groups in total. The fraction of sp³-hybridized carbons (Fsp3) is 0.412. The predicted molar refractivity (Wildman–Crippen MR) is 73.7 cm³/mol. The highest BCUT2D eigenvalue weighted by Gasteiger charge is 2.73. The van der Waals surface area contributed by atoms with Gasteiger partial charge < -0.3 is 0 Å². The lowest BCUT2D eigenvalue weighted by Gasteiger charge is -2.21. The third-order valence-electron chi connectivity index (χ3n) is 5.94. The van der Waals surface area contributed by atoms with Crippen molar-refractivity contribution in [2.75, 3.05) is 4.90 Å². The minimum Gasteiger partial charge on any atom is -0.274 e. The second kappa shape index (κ2) is 3.43. The maximum absolute atomic E-state index is 13.0. The second-order valence-electron chi connectivity index (χ2n) is 6.71. The average molecular weight is 283 g/mol. The van der Waals surface area contributed by atoms with Gasteiger partial charge >= 0.3 is 0 Å². The molecule has 1 aromatic carbocycles. The summed E-state index contributed by atoms with van der Waals surface area (Å²) >= 11 is 0. The van der Waals surface area contributed by atoms with Gasteiger partial charge in [-0.2, -0.15) is 0 Å². The molecule has 0 radical (unpaired) electrons. The number of carbonyl (C=O) groups excluding carboxylic acids is 2. The first kappa shape index (κ1) is 11.7. The van der Waals surface area contributed by atoms with Crippen molar-refractivity contribution in [2.45, 2.75) is 12.8 Å². The van der Waals surface area contributed by atoms with Crippen LogP contribution in [-0.4, -0.2) is 11.8 Å². The van der Waals surface area contributed by atoms with Crippen molar-refractivity contribution in [3.63, 3.8) is 0 Å². The van der Waals surface area contributed by atoms with Crippen LogP contribution in [0.4, 0.5) is 10.1 Å². The Morgan fingerprint density at radius 1 is 0.952 bits per heavy atom. The maximum atomic E-state index is 13.0. The van der Waals surface area contributed by atoms with Crippen molar-refractivity contribution < 1.29 is 14.0 Å². The van der Waals surface area contributed by atoms with Crippen LogP contribution < -0.4 is 4.90 Å². The van der Waals surface area contributed by atoms with Gasteiger partial charge in [0.15, 0.2) is 0 Å². The molecule has 1 aromatic rings. The van der Waals surface area contributed by atoms with Gasteiger partial charge in [-0.15, -0.1) is 0 Å². The van der Waals surface area contributed by atoms with E-state index in [9.17, 15) is 14.0 Å². The van der Waals surface area contributed by atoms with E-state index < -0.39 is 0 Å². The minimum absolute atomic E-state index is 0.0975. The zero-order valence-electron chi connectivity index (χ0n) is 11.3. The number of carbonyl (C=O) groups is 2. The smallest absolute Gasteiger partial charge is 0.238 e. The molecule has 4 unspecified atom stereocenters. The van der Waals surface area contributed by atoms with E-state index in [2.05, 4.69) is 12.2 Å². The molecule has 1 spiro atoms. The molecule has 5 rings (SSSR count). The normalized spacial score (nSPS) is 37.7. The molecule has 1 saturated heterocycles. The molecule has 4 heteroatoms. The van der Waals surface area contributed by atoms with E-state index in [4.69, 9.17) is 0 Å². The number of imide groups is 1. The van der Waals surface area contributed by atoms with Gasteiger partial charge in [-0.1, -0.05) is 12.2 Å². The van der Waals surface area contributed by atoms with Crippen molar-refractivity contribution in [1.29, 1.82) is 0 Å². The van der Waals surface area contributed by atoms with E-state index in [0.29, 0.717) is 5.69 Å². The Balaban J connectivity index is 1.57. The molecule has 106 valence electrons. The SMILES string of the molecule is O=C1C2C(C(=O)N1c1ccc(F)cc1)C1C=CC2C12CC2. The Bertz CT molecular complexity index is 670. The third-order valence-corrected chi connectivity index (χ3v) is 5.94. The Labute approximate surface area is 121 Å². The molecule has 3 nitrogen and oxygen atoms in total. The molecule has 2 amide bonds. The average Bonchev–Trinajstić information content (AvgIpc) is 3.07. The van der Waals surface area contributed by atoms with Gasteiger partial charge in [0, 0.05) is 0 Å². The van der Waals surface area contributed by atoms with Crippen LogP contribution in [0, 0.1) is 34.9 Å². The molecule has 2 bridgehead atoms. The Kier molecular flexibility index (Phi) is 1.91. The third kappa shape index (κ3) is 1.20. The number of nitrogens with zero attached hydrogens (tertiary/aromatic N) is 1. The van der Waals surface area contributed by atoms with Crippen LogP contribution in [-0.2, 0) is 9.59 Å². The zero-order chi connectivity index (χ0) is 14.4. The fourth-order valence-corrected chi connectivity index (χ4v) is 4.92.